The summed E-state index contributed by atoms with van der Waals surface area (Å²) in [5.74, 6) is -0.772. The lowest BCUT2D eigenvalue weighted by atomic mass is 10.3. The normalized spacial score (nSPS) is 11.3. The van der Waals surface area contributed by atoms with Crippen LogP contribution in [-0.4, -0.2) is 13.4 Å². The van der Waals surface area contributed by atoms with Gasteiger partial charge in [0.05, 0.1) is 17.6 Å². The van der Waals surface area contributed by atoms with Crippen LogP contribution in [0.5, 0.6) is 0 Å². The van der Waals surface area contributed by atoms with Crippen LogP contribution in [0.2, 0.25) is 0 Å². The van der Waals surface area contributed by atoms with Crippen molar-refractivity contribution >= 4 is 21.4 Å². The zero-order chi connectivity index (χ0) is 14.0. The van der Waals surface area contributed by atoms with E-state index < -0.39 is 21.5 Å². The van der Waals surface area contributed by atoms with Gasteiger partial charge in [0.25, 0.3) is 10.0 Å². The minimum Gasteiger partial charge on any atom is -0.395 e. The number of hydrogen-bond acceptors (Lipinski definition) is 4. The van der Waals surface area contributed by atoms with E-state index in [1.165, 1.54) is 18.3 Å². The molecule has 0 atom stereocenters. The van der Waals surface area contributed by atoms with Crippen molar-refractivity contribution in [2.45, 2.75) is 11.8 Å². The van der Waals surface area contributed by atoms with Crippen LogP contribution in [0, 0.1) is 12.7 Å². The topological polar surface area (TPSA) is 85.1 Å². The molecule has 0 saturated heterocycles. The number of nitrogens with one attached hydrogen (secondary N) is 1. The number of rotatable bonds is 3. The molecule has 1 aromatic carbocycles. The van der Waals surface area contributed by atoms with E-state index in [9.17, 15) is 12.8 Å². The largest absolute Gasteiger partial charge is 0.395 e. The van der Waals surface area contributed by atoms with Crippen molar-refractivity contribution in [3.05, 3.63) is 48.0 Å². The molecule has 0 aliphatic rings. The number of nitrogens with two attached hydrogens (primary N) is 1. The van der Waals surface area contributed by atoms with Crippen LogP contribution in [0.4, 0.5) is 15.8 Å². The van der Waals surface area contributed by atoms with Crippen molar-refractivity contribution in [2.75, 3.05) is 10.5 Å². The quantitative estimate of drug-likeness (QED) is 0.842. The number of benzene rings is 1. The van der Waals surface area contributed by atoms with Crippen molar-refractivity contribution in [3.8, 4) is 0 Å². The Morgan fingerprint density at radius 2 is 2.05 bits per heavy atom. The fraction of sp³-hybridized carbons (Fsp3) is 0.0833. The first kappa shape index (κ1) is 13.3. The summed E-state index contributed by atoms with van der Waals surface area (Å²) < 4.78 is 39.9. The number of para-hydroxylation sites is 1. The summed E-state index contributed by atoms with van der Waals surface area (Å²) in [7, 11) is -3.94. The van der Waals surface area contributed by atoms with Gasteiger partial charge in [-0.1, -0.05) is 6.07 Å². The summed E-state index contributed by atoms with van der Waals surface area (Å²) in [5.41, 5.74) is 6.07. The molecular weight excluding hydrogens is 269 g/mol. The Morgan fingerprint density at radius 1 is 1.32 bits per heavy atom. The Morgan fingerprint density at radius 3 is 2.74 bits per heavy atom. The fourth-order valence-electron chi connectivity index (χ4n) is 1.52. The molecule has 1 aromatic heterocycles. The molecule has 0 saturated carbocycles. The summed E-state index contributed by atoms with van der Waals surface area (Å²) in [5, 5.41) is 0. The third-order valence-electron chi connectivity index (χ3n) is 2.59. The molecular formula is C12H12FN3O2S. The highest BCUT2D eigenvalue weighted by molar-refractivity contribution is 7.92. The molecule has 19 heavy (non-hydrogen) atoms. The van der Waals surface area contributed by atoms with Gasteiger partial charge in [0, 0.05) is 6.20 Å². The molecule has 3 N–H and O–H groups in total. The molecule has 0 aliphatic heterocycles. The minimum absolute atomic E-state index is 0.296. The number of pyridine rings is 1. The molecule has 0 bridgehead atoms. The number of halogens is 1. The molecule has 0 fully saturated rings. The Hall–Kier alpha value is -2.15. The van der Waals surface area contributed by atoms with E-state index in [1.807, 2.05) is 0 Å². The molecule has 5 nitrogen and oxygen atoms in total. The van der Waals surface area contributed by atoms with Gasteiger partial charge in [-0.05, 0) is 30.7 Å². The van der Waals surface area contributed by atoms with Crippen molar-refractivity contribution < 1.29 is 12.8 Å². The summed E-state index contributed by atoms with van der Waals surface area (Å²) >= 11 is 0. The maximum atomic E-state index is 13.3. The van der Waals surface area contributed by atoms with E-state index in [0.717, 1.165) is 6.07 Å². The zero-order valence-corrected chi connectivity index (χ0v) is 10.9. The minimum atomic E-state index is -3.94. The monoisotopic (exact) mass is 281 g/mol. The molecule has 0 radical (unpaired) electrons. The Balaban J connectivity index is 2.44. The summed E-state index contributed by atoms with van der Waals surface area (Å²) in [6, 6.07) is 5.29. The van der Waals surface area contributed by atoms with Gasteiger partial charge in [0.1, 0.15) is 10.7 Å². The van der Waals surface area contributed by atoms with E-state index in [4.69, 9.17) is 5.73 Å². The second-order valence-corrected chi connectivity index (χ2v) is 5.60. The molecule has 1 heterocycles. The smallest absolute Gasteiger partial charge is 0.264 e. The molecule has 2 aromatic rings. The Labute approximate surface area is 110 Å². The second kappa shape index (κ2) is 4.85. The van der Waals surface area contributed by atoms with Crippen LogP contribution < -0.4 is 10.5 Å². The van der Waals surface area contributed by atoms with Gasteiger partial charge in [-0.2, -0.15) is 0 Å². The van der Waals surface area contributed by atoms with Crippen molar-refractivity contribution in [2.24, 2.45) is 0 Å². The third kappa shape index (κ3) is 2.65. The number of aromatic nitrogens is 1. The van der Waals surface area contributed by atoms with Crippen molar-refractivity contribution in [3.63, 3.8) is 0 Å². The summed E-state index contributed by atoms with van der Waals surface area (Å²) in [6.07, 6.45) is 2.92. The average Bonchev–Trinajstić information content (AvgIpc) is 2.35. The van der Waals surface area contributed by atoms with E-state index in [2.05, 4.69) is 9.71 Å². The van der Waals surface area contributed by atoms with Gasteiger partial charge >= 0.3 is 0 Å². The number of nitrogens with zero attached hydrogens (tertiary/aromatic N) is 1. The van der Waals surface area contributed by atoms with E-state index in [0.29, 0.717) is 11.3 Å². The van der Waals surface area contributed by atoms with Crippen LogP contribution in [0.3, 0.4) is 0 Å². The van der Waals surface area contributed by atoms with Crippen LogP contribution in [-0.2, 0) is 10.0 Å². The molecule has 0 spiro atoms. The SMILES string of the molecule is Cc1ccncc1NS(=O)(=O)c1cccc(F)c1N. The Kier molecular flexibility index (Phi) is 3.39. The van der Waals surface area contributed by atoms with Gasteiger partial charge in [-0.15, -0.1) is 0 Å². The maximum Gasteiger partial charge on any atom is 0.264 e. The van der Waals surface area contributed by atoms with E-state index in [-0.39, 0.29) is 4.90 Å². The molecule has 100 valence electrons. The standard InChI is InChI=1S/C12H12FN3O2S/c1-8-5-6-15-7-10(8)16-19(17,18)11-4-2-3-9(13)12(11)14/h2-7,16H,14H2,1H3. The lowest BCUT2D eigenvalue weighted by Crippen LogP contribution is -2.16. The highest BCUT2D eigenvalue weighted by Crippen LogP contribution is 2.24. The number of aryl methyl sites for hydroxylation is 1. The predicted molar refractivity (Wildman–Crippen MR) is 70.6 cm³/mol. The average molecular weight is 281 g/mol. The van der Waals surface area contributed by atoms with Gasteiger partial charge in [-0.25, -0.2) is 12.8 Å². The zero-order valence-electron chi connectivity index (χ0n) is 10.1. The van der Waals surface area contributed by atoms with Crippen molar-refractivity contribution in [1.29, 1.82) is 0 Å². The third-order valence-corrected chi connectivity index (χ3v) is 4.01. The Bertz CT molecular complexity index is 717. The fourth-order valence-corrected chi connectivity index (χ4v) is 2.78. The van der Waals surface area contributed by atoms with Crippen LogP contribution in [0.15, 0.2) is 41.6 Å². The number of nitrogen functional groups attached to an aromatic ring is 1. The van der Waals surface area contributed by atoms with Crippen LogP contribution in [0.25, 0.3) is 0 Å². The first-order valence-corrected chi connectivity index (χ1v) is 6.87. The van der Waals surface area contributed by atoms with Crippen molar-refractivity contribution in [1.82, 2.24) is 4.98 Å². The van der Waals surface area contributed by atoms with Gasteiger partial charge in [-0.3, -0.25) is 9.71 Å². The summed E-state index contributed by atoms with van der Waals surface area (Å²) in [6.45, 7) is 1.73. The maximum absolute atomic E-state index is 13.3. The summed E-state index contributed by atoms with van der Waals surface area (Å²) in [4.78, 5) is 3.54. The molecule has 7 heteroatoms. The lowest BCUT2D eigenvalue weighted by molar-refractivity contribution is 0.597. The van der Waals surface area contributed by atoms with Crippen LogP contribution >= 0.6 is 0 Å². The predicted octanol–water partition coefficient (Wildman–Crippen LogP) is 1.91. The highest BCUT2D eigenvalue weighted by Gasteiger charge is 2.20. The highest BCUT2D eigenvalue weighted by atomic mass is 32.2. The van der Waals surface area contributed by atoms with E-state index >= 15 is 0 Å². The molecule has 0 amide bonds. The molecule has 0 unspecified atom stereocenters. The lowest BCUT2D eigenvalue weighted by Gasteiger charge is -2.11. The first-order chi connectivity index (χ1) is 8.92. The van der Waals surface area contributed by atoms with Gasteiger partial charge in [0.2, 0.25) is 0 Å². The van der Waals surface area contributed by atoms with Gasteiger partial charge < -0.3 is 5.73 Å². The molecule has 2 rings (SSSR count). The van der Waals surface area contributed by atoms with E-state index in [1.54, 1.807) is 19.2 Å². The number of anilines is 2. The number of sulfonamides is 1. The molecule has 0 aliphatic carbocycles. The van der Waals surface area contributed by atoms with Gasteiger partial charge in [0.15, 0.2) is 0 Å². The first-order valence-electron chi connectivity index (χ1n) is 5.39. The second-order valence-electron chi connectivity index (χ2n) is 3.95. The van der Waals surface area contributed by atoms with Crippen LogP contribution in [0.1, 0.15) is 5.56 Å². The number of hydrogen-bond donors (Lipinski definition) is 2.